The summed E-state index contributed by atoms with van der Waals surface area (Å²) in [5.41, 5.74) is 5.45. The molecule has 0 fully saturated rings. The molecule has 0 spiro atoms. The molecule has 0 atom stereocenters. The first-order chi connectivity index (χ1) is 7.31. The van der Waals surface area contributed by atoms with Crippen LogP contribution >= 0.6 is 0 Å². The number of aliphatic hydroxyl groups is 1. The van der Waals surface area contributed by atoms with Crippen molar-refractivity contribution in [3.63, 3.8) is 0 Å². The molecule has 0 bridgehead atoms. The van der Waals surface area contributed by atoms with Gasteiger partial charge in [0.15, 0.2) is 0 Å². The zero-order chi connectivity index (χ0) is 11.4. The van der Waals surface area contributed by atoms with E-state index in [-0.39, 0.29) is 0 Å². The average Bonchev–Trinajstić information content (AvgIpc) is 2.25. The van der Waals surface area contributed by atoms with Crippen LogP contribution in [-0.4, -0.2) is 43.3 Å². The van der Waals surface area contributed by atoms with Gasteiger partial charge in [-0.05, 0) is 45.9 Å². The zero-order valence-corrected chi connectivity index (χ0v) is 10.2. The lowest BCUT2D eigenvalue weighted by Gasteiger charge is -2.15. The number of hydrogen-bond donors (Lipinski definition) is 2. The van der Waals surface area contributed by atoms with E-state index in [2.05, 4.69) is 11.9 Å². The molecule has 3 heteroatoms. The van der Waals surface area contributed by atoms with E-state index in [1.54, 1.807) is 0 Å². The minimum Gasteiger partial charge on any atom is -0.396 e. The van der Waals surface area contributed by atoms with Gasteiger partial charge in [-0.3, -0.25) is 0 Å². The third-order valence-corrected chi connectivity index (χ3v) is 2.69. The summed E-state index contributed by atoms with van der Waals surface area (Å²) in [6, 6.07) is 0. The van der Waals surface area contributed by atoms with Gasteiger partial charge in [-0.25, -0.2) is 0 Å². The predicted molar refractivity (Wildman–Crippen MR) is 66.0 cm³/mol. The second-order valence-electron chi connectivity index (χ2n) is 4.29. The number of rotatable bonds is 11. The fraction of sp³-hybridized carbons (Fsp3) is 1.00. The highest BCUT2D eigenvalue weighted by molar-refractivity contribution is 4.53. The van der Waals surface area contributed by atoms with Crippen LogP contribution in [0.3, 0.4) is 0 Å². The molecular formula is C12H28N2O. The molecule has 3 N–H and O–H groups in total. The van der Waals surface area contributed by atoms with Gasteiger partial charge in [0.2, 0.25) is 0 Å². The maximum Gasteiger partial charge on any atom is 0.0431 e. The van der Waals surface area contributed by atoms with Gasteiger partial charge in [0.1, 0.15) is 0 Å². The van der Waals surface area contributed by atoms with Gasteiger partial charge in [0.05, 0.1) is 0 Å². The predicted octanol–water partition coefficient (Wildman–Crippen LogP) is 1.60. The lowest BCUT2D eigenvalue weighted by molar-refractivity contribution is 0.281. The Labute approximate surface area is 94.6 Å². The van der Waals surface area contributed by atoms with Crippen LogP contribution in [0.5, 0.6) is 0 Å². The molecule has 15 heavy (non-hydrogen) atoms. The first kappa shape index (κ1) is 14.9. The van der Waals surface area contributed by atoms with E-state index in [1.807, 2.05) is 0 Å². The summed E-state index contributed by atoms with van der Waals surface area (Å²) in [5, 5.41) is 8.61. The molecule has 0 unspecified atom stereocenters. The van der Waals surface area contributed by atoms with Crippen LogP contribution in [0.1, 0.15) is 44.9 Å². The molecule has 0 aromatic rings. The molecule has 3 nitrogen and oxygen atoms in total. The van der Waals surface area contributed by atoms with E-state index < -0.39 is 0 Å². The molecule has 0 rings (SSSR count). The third kappa shape index (κ3) is 11.8. The maximum atomic E-state index is 8.61. The Bertz CT molecular complexity index is 120. The summed E-state index contributed by atoms with van der Waals surface area (Å²) in [4.78, 5) is 2.36. The summed E-state index contributed by atoms with van der Waals surface area (Å²) >= 11 is 0. The summed E-state index contributed by atoms with van der Waals surface area (Å²) in [6.07, 6.45) is 8.44. The van der Waals surface area contributed by atoms with Crippen molar-refractivity contribution in [1.82, 2.24) is 4.90 Å². The van der Waals surface area contributed by atoms with Crippen molar-refractivity contribution in [2.75, 3.05) is 33.3 Å². The molecule has 0 saturated heterocycles. The van der Waals surface area contributed by atoms with E-state index in [9.17, 15) is 0 Å². The quantitative estimate of drug-likeness (QED) is 0.516. The Balaban J connectivity index is 3.02. The molecule has 0 saturated carbocycles. The minimum absolute atomic E-state index is 0.349. The molecule has 0 radical (unpaired) electrons. The first-order valence-electron chi connectivity index (χ1n) is 6.30. The summed E-state index contributed by atoms with van der Waals surface area (Å²) in [6.45, 7) is 3.47. The largest absolute Gasteiger partial charge is 0.396 e. The SMILES string of the molecule is CN(CCCN)CCCCCCCCO. The van der Waals surface area contributed by atoms with Crippen molar-refractivity contribution < 1.29 is 5.11 Å². The Kier molecular flexibility index (Phi) is 11.9. The van der Waals surface area contributed by atoms with Gasteiger partial charge in [-0.2, -0.15) is 0 Å². The highest BCUT2D eigenvalue weighted by atomic mass is 16.2. The van der Waals surface area contributed by atoms with Crippen molar-refractivity contribution in [3.8, 4) is 0 Å². The van der Waals surface area contributed by atoms with E-state index in [0.29, 0.717) is 6.61 Å². The number of nitrogens with two attached hydrogens (primary N) is 1. The molecule has 0 heterocycles. The monoisotopic (exact) mass is 216 g/mol. The highest BCUT2D eigenvalue weighted by Crippen LogP contribution is 2.05. The van der Waals surface area contributed by atoms with Gasteiger partial charge in [-0.1, -0.05) is 25.7 Å². The van der Waals surface area contributed by atoms with Gasteiger partial charge in [-0.15, -0.1) is 0 Å². The minimum atomic E-state index is 0.349. The smallest absolute Gasteiger partial charge is 0.0431 e. The molecule has 0 aliphatic carbocycles. The number of aliphatic hydroxyl groups excluding tert-OH is 1. The summed E-state index contributed by atoms with van der Waals surface area (Å²) in [5.74, 6) is 0. The number of unbranched alkanes of at least 4 members (excludes halogenated alkanes) is 5. The standard InChI is InChI=1S/C12H28N2O/c1-14(11-8-9-13)10-6-4-2-3-5-7-12-15/h15H,2-13H2,1H3. The second kappa shape index (κ2) is 12.0. The van der Waals surface area contributed by atoms with E-state index in [4.69, 9.17) is 10.8 Å². The second-order valence-corrected chi connectivity index (χ2v) is 4.29. The third-order valence-electron chi connectivity index (χ3n) is 2.69. The highest BCUT2D eigenvalue weighted by Gasteiger charge is 1.97. The number of hydrogen-bond acceptors (Lipinski definition) is 3. The van der Waals surface area contributed by atoms with Crippen molar-refractivity contribution in [1.29, 1.82) is 0 Å². The van der Waals surface area contributed by atoms with Crippen LogP contribution in [0.15, 0.2) is 0 Å². The topological polar surface area (TPSA) is 49.5 Å². The van der Waals surface area contributed by atoms with Gasteiger partial charge in [0, 0.05) is 6.61 Å². The van der Waals surface area contributed by atoms with Crippen LogP contribution in [0, 0.1) is 0 Å². The van der Waals surface area contributed by atoms with Crippen LogP contribution in [-0.2, 0) is 0 Å². The first-order valence-corrected chi connectivity index (χ1v) is 6.30. The van der Waals surface area contributed by atoms with Crippen molar-refractivity contribution in [2.45, 2.75) is 44.9 Å². The summed E-state index contributed by atoms with van der Waals surface area (Å²) < 4.78 is 0. The van der Waals surface area contributed by atoms with E-state index in [1.165, 1.54) is 38.6 Å². The normalized spacial score (nSPS) is 11.2. The molecule has 0 amide bonds. The van der Waals surface area contributed by atoms with Gasteiger partial charge >= 0.3 is 0 Å². The molecule has 0 aromatic heterocycles. The van der Waals surface area contributed by atoms with E-state index >= 15 is 0 Å². The lowest BCUT2D eigenvalue weighted by atomic mass is 10.1. The Morgan fingerprint density at radius 2 is 1.40 bits per heavy atom. The van der Waals surface area contributed by atoms with Gasteiger partial charge in [0.25, 0.3) is 0 Å². The van der Waals surface area contributed by atoms with Crippen molar-refractivity contribution in [2.24, 2.45) is 5.73 Å². The molecule has 0 aromatic carbocycles. The Hall–Kier alpha value is -0.120. The zero-order valence-electron chi connectivity index (χ0n) is 10.2. The molecule has 92 valence electrons. The van der Waals surface area contributed by atoms with E-state index in [0.717, 1.165) is 25.9 Å². The lowest BCUT2D eigenvalue weighted by Crippen LogP contribution is -2.22. The maximum absolute atomic E-state index is 8.61. The Morgan fingerprint density at radius 1 is 0.867 bits per heavy atom. The van der Waals surface area contributed by atoms with Crippen LogP contribution in [0.4, 0.5) is 0 Å². The molecular weight excluding hydrogens is 188 g/mol. The van der Waals surface area contributed by atoms with Gasteiger partial charge < -0.3 is 15.7 Å². The van der Waals surface area contributed by atoms with Crippen molar-refractivity contribution >= 4 is 0 Å². The summed E-state index contributed by atoms with van der Waals surface area (Å²) in [7, 11) is 2.17. The number of nitrogens with zero attached hydrogens (tertiary/aromatic N) is 1. The fourth-order valence-electron chi connectivity index (χ4n) is 1.67. The van der Waals surface area contributed by atoms with Crippen molar-refractivity contribution in [3.05, 3.63) is 0 Å². The average molecular weight is 216 g/mol. The van der Waals surface area contributed by atoms with Crippen LogP contribution < -0.4 is 5.73 Å². The van der Waals surface area contributed by atoms with Crippen LogP contribution in [0.25, 0.3) is 0 Å². The van der Waals surface area contributed by atoms with Crippen LogP contribution in [0.2, 0.25) is 0 Å². The molecule has 0 aliphatic heterocycles. The fourth-order valence-corrected chi connectivity index (χ4v) is 1.67. The Morgan fingerprint density at radius 3 is 2.00 bits per heavy atom. The molecule has 0 aliphatic rings.